The number of carbonyl (C=O) groups excluding carboxylic acids is 1. The first-order valence-corrected chi connectivity index (χ1v) is 9.90. The Kier molecular flexibility index (Phi) is 5.68. The van der Waals surface area contributed by atoms with E-state index in [-0.39, 0.29) is 13.3 Å². The Morgan fingerprint density at radius 3 is 2.56 bits per heavy atom. The first-order valence-electron chi connectivity index (χ1n) is 9.52. The predicted octanol–water partition coefficient (Wildman–Crippen LogP) is 4.50. The summed E-state index contributed by atoms with van der Waals surface area (Å²) in [6.07, 6.45) is -1.86. The van der Waals surface area contributed by atoms with Crippen LogP contribution in [0.25, 0.3) is 0 Å². The molecule has 32 heavy (non-hydrogen) atoms. The van der Waals surface area contributed by atoms with E-state index in [1.165, 1.54) is 22.2 Å². The summed E-state index contributed by atoms with van der Waals surface area (Å²) in [6.45, 7) is 1.71. The van der Waals surface area contributed by atoms with Gasteiger partial charge >= 0.3 is 6.18 Å². The third kappa shape index (κ3) is 3.95. The minimum Gasteiger partial charge on any atom is -0.346 e. The quantitative estimate of drug-likeness (QED) is 0.529. The number of amides is 1. The Balaban J connectivity index is 1.68. The number of carbonyl (C=O) groups is 1. The van der Waals surface area contributed by atoms with Crippen LogP contribution in [-0.4, -0.2) is 38.3 Å². The number of nitrogens with zero attached hydrogens (tertiary/aromatic N) is 4. The van der Waals surface area contributed by atoms with Crippen molar-refractivity contribution in [3.8, 4) is 0 Å². The van der Waals surface area contributed by atoms with Crippen LogP contribution in [0.15, 0.2) is 55.1 Å². The van der Waals surface area contributed by atoms with Crippen LogP contribution in [0, 0.1) is 5.82 Å². The number of alkyl halides is 3. The van der Waals surface area contributed by atoms with Gasteiger partial charge in [-0.05, 0) is 42.8 Å². The van der Waals surface area contributed by atoms with Crippen molar-refractivity contribution in [3.05, 3.63) is 82.6 Å². The molecule has 0 radical (unpaired) electrons. The second kappa shape index (κ2) is 8.18. The fraction of sp³-hybridized carbons (Fsp3) is 0.286. The van der Waals surface area contributed by atoms with Crippen LogP contribution in [0.4, 0.5) is 17.6 Å². The zero-order chi connectivity index (χ0) is 23.1. The van der Waals surface area contributed by atoms with Crippen molar-refractivity contribution in [2.45, 2.75) is 31.3 Å². The minimum absolute atomic E-state index is 0.190. The Bertz CT molecular complexity index is 1120. The minimum atomic E-state index is -4.71. The third-order valence-electron chi connectivity index (χ3n) is 5.59. The van der Waals surface area contributed by atoms with E-state index >= 15 is 0 Å². The highest BCUT2D eigenvalue weighted by Gasteiger charge is 2.50. The number of halogens is 5. The molecule has 0 aliphatic carbocycles. The van der Waals surface area contributed by atoms with E-state index in [0.717, 1.165) is 6.07 Å². The lowest BCUT2D eigenvalue weighted by atomic mass is 9.86. The molecule has 0 spiro atoms. The Morgan fingerprint density at radius 2 is 1.97 bits per heavy atom. The maximum Gasteiger partial charge on any atom is 0.416 e. The van der Waals surface area contributed by atoms with Crippen LogP contribution >= 0.6 is 11.6 Å². The maximum absolute atomic E-state index is 14.5. The number of aromatic nitrogens is 3. The average molecular weight is 469 g/mol. The molecule has 1 aliphatic heterocycles. The van der Waals surface area contributed by atoms with E-state index in [1.54, 1.807) is 31.2 Å². The van der Waals surface area contributed by atoms with Crippen molar-refractivity contribution in [1.29, 1.82) is 0 Å². The van der Waals surface area contributed by atoms with Crippen LogP contribution in [0.2, 0.25) is 5.02 Å². The standard InChI is InChI=1S/C21H17ClF4N4O2/c1-13-20(9-29-11-27-10-28-29,14-2-5-16(22)6-3-14)32-12-30(13)19(31)17-7-4-15(8-18(17)23)21(24,25)26/h2-8,10-11,13H,9,12H2,1H3/t13?,20-/m1/s1. The summed E-state index contributed by atoms with van der Waals surface area (Å²) >= 11 is 6.01. The van der Waals surface area contributed by atoms with Gasteiger partial charge in [0.25, 0.3) is 5.91 Å². The van der Waals surface area contributed by atoms with Crippen molar-refractivity contribution in [2.75, 3.05) is 6.73 Å². The monoisotopic (exact) mass is 468 g/mol. The van der Waals surface area contributed by atoms with E-state index in [9.17, 15) is 22.4 Å². The molecule has 1 aromatic heterocycles. The number of ether oxygens (including phenoxy) is 1. The lowest BCUT2D eigenvalue weighted by molar-refractivity contribution is -0.137. The molecule has 0 N–H and O–H groups in total. The SMILES string of the molecule is CC1N(C(=O)c2ccc(C(F)(F)F)cc2F)CO[C@@]1(Cn1cncn1)c1ccc(Cl)cc1. The van der Waals surface area contributed by atoms with Gasteiger partial charge in [-0.25, -0.2) is 14.1 Å². The van der Waals surface area contributed by atoms with Crippen LogP contribution < -0.4 is 0 Å². The van der Waals surface area contributed by atoms with Gasteiger partial charge in [-0.3, -0.25) is 4.79 Å². The molecule has 0 saturated carbocycles. The molecule has 2 atom stereocenters. The second-order valence-electron chi connectivity index (χ2n) is 7.41. The van der Waals surface area contributed by atoms with Crippen molar-refractivity contribution in [2.24, 2.45) is 0 Å². The normalized spacial score (nSPS) is 21.2. The van der Waals surface area contributed by atoms with Gasteiger partial charge in [0.1, 0.15) is 30.8 Å². The first kappa shape index (κ1) is 22.2. The fourth-order valence-electron chi connectivity index (χ4n) is 3.80. The van der Waals surface area contributed by atoms with E-state index in [2.05, 4.69) is 10.1 Å². The fourth-order valence-corrected chi connectivity index (χ4v) is 3.93. The molecule has 4 rings (SSSR count). The van der Waals surface area contributed by atoms with E-state index < -0.39 is 40.7 Å². The first-order chi connectivity index (χ1) is 15.1. The summed E-state index contributed by atoms with van der Waals surface area (Å²) in [5, 5.41) is 4.62. The summed E-state index contributed by atoms with van der Waals surface area (Å²) < 4.78 is 60.7. The molecule has 2 aromatic carbocycles. The molecular formula is C21H17ClF4N4O2. The average Bonchev–Trinajstić information content (AvgIpc) is 3.36. The van der Waals surface area contributed by atoms with Gasteiger partial charge in [0, 0.05) is 5.02 Å². The van der Waals surface area contributed by atoms with Gasteiger partial charge in [-0.2, -0.15) is 18.3 Å². The lowest BCUT2D eigenvalue weighted by Gasteiger charge is -2.34. The number of rotatable bonds is 4. The summed E-state index contributed by atoms with van der Waals surface area (Å²) in [4.78, 5) is 18.3. The summed E-state index contributed by atoms with van der Waals surface area (Å²) in [6, 6.07) is 8.07. The molecule has 1 aliphatic rings. The van der Waals surface area contributed by atoms with Crippen molar-refractivity contribution in [3.63, 3.8) is 0 Å². The van der Waals surface area contributed by atoms with Gasteiger partial charge in [-0.15, -0.1) is 0 Å². The van der Waals surface area contributed by atoms with Crippen molar-refractivity contribution >= 4 is 17.5 Å². The van der Waals surface area contributed by atoms with Crippen LogP contribution in [0.1, 0.15) is 28.4 Å². The Labute approximate surface area is 185 Å². The highest BCUT2D eigenvalue weighted by Crippen LogP contribution is 2.40. The van der Waals surface area contributed by atoms with Gasteiger partial charge in [0.05, 0.1) is 23.7 Å². The lowest BCUT2D eigenvalue weighted by Crippen LogP contribution is -2.46. The number of hydrogen-bond acceptors (Lipinski definition) is 4. The van der Waals surface area contributed by atoms with Crippen LogP contribution in [0.5, 0.6) is 0 Å². The van der Waals surface area contributed by atoms with Crippen molar-refractivity contribution in [1.82, 2.24) is 19.7 Å². The highest BCUT2D eigenvalue weighted by molar-refractivity contribution is 6.30. The molecule has 1 fully saturated rings. The van der Waals surface area contributed by atoms with Gasteiger partial charge in [0.15, 0.2) is 0 Å². The maximum atomic E-state index is 14.5. The summed E-state index contributed by atoms with van der Waals surface area (Å²) in [5.41, 5.74) is -2.01. The number of benzene rings is 2. The smallest absolute Gasteiger partial charge is 0.346 e. The highest BCUT2D eigenvalue weighted by atomic mass is 35.5. The van der Waals surface area contributed by atoms with E-state index in [1.807, 2.05) is 0 Å². The van der Waals surface area contributed by atoms with Gasteiger partial charge in [-0.1, -0.05) is 23.7 Å². The molecule has 0 bridgehead atoms. The van der Waals surface area contributed by atoms with Crippen LogP contribution in [0.3, 0.4) is 0 Å². The molecule has 11 heteroatoms. The summed E-state index contributed by atoms with van der Waals surface area (Å²) in [7, 11) is 0. The van der Waals surface area contributed by atoms with Crippen LogP contribution in [-0.2, 0) is 23.1 Å². The molecule has 6 nitrogen and oxygen atoms in total. The predicted molar refractivity (Wildman–Crippen MR) is 106 cm³/mol. The summed E-state index contributed by atoms with van der Waals surface area (Å²) in [5.74, 6) is -2.03. The van der Waals surface area contributed by atoms with Gasteiger partial charge < -0.3 is 9.64 Å². The third-order valence-corrected chi connectivity index (χ3v) is 5.84. The topological polar surface area (TPSA) is 60.2 Å². The zero-order valence-electron chi connectivity index (χ0n) is 16.7. The molecular weight excluding hydrogens is 452 g/mol. The molecule has 1 amide bonds. The molecule has 3 aromatic rings. The van der Waals surface area contributed by atoms with E-state index in [4.69, 9.17) is 16.3 Å². The molecule has 1 unspecified atom stereocenters. The molecule has 168 valence electrons. The van der Waals surface area contributed by atoms with E-state index in [0.29, 0.717) is 22.7 Å². The second-order valence-corrected chi connectivity index (χ2v) is 7.84. The van der Waals surface area contributed by atoms with Crippen molar-refractivity contribution < 1.29 is 27.1 Å². The largest absolute Gasteiger partial charge is 0.416 e. The van der Waals surface area contributed by atoms with Gasteiger partial charge in [0.2, 0.25) is 0 Å². The number of hydrogen-bond donors (Lipinski definition) is 0. The molecule has 2 heterocycles. The Hall–Kier alpha value is -2.98. The zero-order valence-corrected chi connectivity index (χ0v) is 17.4. The molecule has 1 saturated heterocycles. The Morgan fingerprint density at radius 1 is 1.25 bits per heavy atom.